The average molecular weight is 825 g/mol. The molecule has 0 bridgehead atoms. The molecule has 5 aromatic rings. The number of nitrogens with zero attached hydrogens (tertiary/aromatic N) is 2. The van der Waals surface area contributed by atoms with E-state index in [1.54, 1.807) is 5.19 Å². The van der Waals surface area contributed by atoms with Crippen molar-refractivity contribution >= 4 is 70.5 Å². The number of rotatable bonds is 3. The van der Waals surface area contributed by atoms with Gasteiger partial charge < -0.3 is 9.80 Å². The summed E-state index contributed by atoms with van der Waals surface area (Å²) in [6.45, 7) is 41.7. The van der Waals surface area contributed by atoms with Crippen LogP contribution in [0.3, 0.4) is 0 Å². The highest BCUT2D eigenvalue weighted by Crippen LogP contribution is 2.52. The molecule has 61 heavy (non-hydrogen) atoms. The van der Waals surface area contributed by atoms with Gasteiger partial charge in [0.15, 0.2) is 0 Å². The second-order valence-corrected chi connectivity index (χ2v) is 30.3. The number of aryl methyl sites for hydroxylation is 1. The first-order valence-corrected chi connectivity index (χ1v) is 26.5. The summed E-state index contributed by atoms with van der Waals surface area (Å²) < 4.78 is 0. The number of hydrogen-bond donors (Lipinski definition) is 0. The molecule has 2 aliphatic heterocycles. The van der Waals surface area contributed by atoms with Crippen molar-refractivity contribution in [3.63, 3.8) is 0 Å². The summed E-state index contributed by atoms with van der Waals surface area (Å²) in [6, 6.07) is 35.1. The Morgan fingerprint density at radius 1 is 0.492 bits per heavy atom. The summed E-state index contributed by atoms with van der Waals surface area (Å²) in [4.78, 5) is 5.32. The Hall–Kier alpha value is -4.02. The summed E-state index contributed by atoms with van der Waals surface area (Å²) >= 11 is 0. The van der Waals surface area contributed by atoms with E-state index in [9.17, 15) is 0 Å². The van der Waals surface area contributed by atoms with Gasteiger partial charge in [-0.25, -0.2) is 0 Å². The van der Waals surface area contributed by atoms with Crippen LogP contribution in [-0.4, -0.2) is 14.8 Å². The standard InChI is InChI=1S/C57H73BN2Si/c1-36-30-49-51-50(31-36)60(39-22-24-41-42(32-39)55(10,11)27-26-54(41,8)9)48-35-44-43(56(12,13)28-29-57(44,14)15)34-46(48)58(51)45-33-40(61(16,17)53(5,6)7)23-25-47(45)59(49)38-20-18-37(19-21-38)52(2,3)4/h18-25,30-35H,26-29H2,1-17H3. The predicted octanol–water partition coefficient (Wildman–Crippen LogP) is 13.8. The quantitative estimate of drug-likeness (QED) is 0.164. The van der Waals surface area contributed by atoms with Crippen LogP contribution >= 0.6 is 0 Å². The third-order valence-electron chi connectivity index (χ3n) is 16.9. The average Bonchev–Trinajstić information content (AvgIpc) is 3.17. The lowest BCUT2D eigenvalue weighted by Gasteiger charge is -2.48. The van der Waals surface area contributed by atoms with Crippen molar-refractivity contribution in [3.8, 4) is 0 Å². The summed E-state index contributed by atoms with van der Waals surface area (Å²) in [5, 5.41) is 1.75. The van der Waals surface area contributed by atoms with Gasteiger partial charge in [0.25, 0.3) is 6.71 Å². The second-order valence-electron chi connectivity index (χ2n) is 25.0. The Labute approximate surface area is 371 Å². The maximum Gasteiger partial charge on any atom is 0.252 e. The lowest BCUT2D eigenvalue weighted by molar-refractivity contribution is 0.332. The van der Waals surface area contributed by atoms with Gasteiger partial charge in [-0.1, -0.05) is 152 Å². The van der Waals surface area contributed by atoms with E-state index >= 15 is 0 Å². The van der Waals surface area contributed by atoms with Gasteiger partial charge in [0.05, 0.1) is 8.07 Å². The maximum absolute atomic E-state index is 2.71. The third-order valence-corrected chi connectivity index (χ3v) is 22.4. The van der Waals surface area contributed by atoms with Gasteiger partial charge in [-0.05, 0) is 163 Å². The normalized spacial score (nSPS) is 19.4. The van der Waals surface area contributed by atoms with Crippen LogP contribution in [0.1, 0.15) is 156 Å². The van der Waals surface area contributed by atoms with Crippen LogP contribution in [-0.2, 0) is 27.1 Å². The van der Waals surface area contributed by atoms with Crippen molar-refractivity contribution in [2.75, 3.05) is 9.80 Å². The number of hydrogen-bond acceptors (Lipinski definition) is 2. The minimum absolute atomic E-state index is 0.0777. The van der Waals surface area contributed by atoms with Gasteiger partial charge in [-0.15, -0.1) is 0 Å². The summed E-state index contributed by atoms with van der Waals surface area (Å²) in [5.41, 5.74) is 21.4. The van der Waals surface area contributed by atoms with E-state index in [1.807, 2.05) is 0 Å². The number of anilines is 6. The number of fused-ring (bicyclic) bond motifs is 6. The SMILES string of the molecule is Cc1cc2c3c(c1)N(c1ccc4c(c1)C(C)(C)CCC4(C)C)c1cc4c(cc1B3c1cc([Si](C)(C)C(C)(C)C)ccc1N2c1ccc(C(C)(C)C)cc1)C(C)(C)CCC4(C)C. The molecule has 4 aliphatic rings. The highest BCUT2D eigenvalue weighted by molar-refractivity contribution is 7.01. The number of benzene rings is 5. The van der Waals surface area contributed by atoms with Gasteiger partial charge in [-0.2, -0.15) is 0 Å². The lowest BCUT2D eigenvalue weighted by atomic mass is 9.33. The van der Waals surface area contributed by atoms with Gasteiger partial charge in [-0.3, -0.25) is 0 Å². The zero-order valence-electron chi connectivity index (χ0n) is 40.9. The Morgan fingerprint density at radius 3 is 1.51 bits per heavy atom. The molecule has 318 valence electrons. The van der Waals surface area contributed by atoms with Crippen molar-refractivity contribution in [1.29, 1.82) is 0 Å². The third kappa shape index (κ3) is 6.45. The second kappa shape index (κ2) is 13.3. The van der Waals surface area contributed by atoms with Crippen molar-refractivity contribution in [1.82, 2.24) is 0 Å². The van der Waals surface area contributed by atoms with Crippen molar-refractivity contribution < 1.29 is 0 Å². The molecule has 0 radical (unpaired) electrons. The van der Waals surface area contributed by atoms with Crippen molar-refractivity contribution in [3.05, 3.63) is 118 Å². The van der Waals surface area contributed by atoms with E-state index < -0.39 is 8.07 Å². The van der Waals surface area contributed by atoms with Crippen LogP contribution < -0.4 is 31.4 Å². The Bertz CT molecular complexity index is 2610. The first-order chi connectivity index (χ1) is 28.1. The Kier molecular flexibility index (Phi) is 9.19. The zero-order valence-corrected chi connectivity index (χ0v) is 41.9. The van der Waals surface area contributed by atoms with E-state index in [1.165, 1.54) is 110 Å². The highest BCUT2D eigenvalue weighted by Gasteiger charge is 2.48. The van der Waals surface area contributed by atoms with Crippen LogP contribution in [0, 0.1) is 6.92 Å². The molecule has 0 saturated heterocycles. The highest BCUT2D eigenvalue weighted by atomic mass is 28.3. The molecule has 0 spiro atoms. The zero-order chi connectivity index (χ0) is 44.2. The van der Waals surface area contributed by atoms with Gasteiger partial charge in [0.1, 0.15) is 0 Å². The monoisotopic (exact) mass is 825 g/mol. The van der Waals surface area contributed by atoms with E-state index in [2.05, 4.69) is 212 Å². The molecule has 2 nitrogen and oxygen atoms in total. The molecule has 0 N–H and O–H groups in total. The molecule has 9 rings (SSSR count). The fourth-order valence-corrected chi connectivity index (χ4v) is 13.3. The molecule has 0 atom stereocenters. The van der Waals surface area contributed by atoms with E-state index in [0.29, 0.717) is 0 Å². The van der Waals surface area contributed by atoms with Crippen LogP contribution in [0.5, 0.6) is 0 Å². The van der Waals surface area contributed by atoms with Crippen LogP contribution in [0.25, 0.3) is 0 Å². The smallest absolute Gasteiger partial charge is 0.252 e. The van der Waals surface area contributed by atoms with Gasteiger partial charge in [0, 0.05) is 34.1 Å². The van der Waals surface area contributed by atoms with Gasteiger partial charge >= 0.3 is 0 Å². The van der Waals surface area contributed by atoms with E-state index in [0.717, 1.165) is 0 Å². The first kappa shape index (κ1) is 42.3. The fourth-order valence-electron chi connectivity index (χ4n) is 11.4. The Morgan fingerprint density at radius 2 is 0.967 bits per heavy atom. The van der Waals surface area contributed by atoms with Crippen LogP contribution in [0.15, 0.2) is 84.9 Å². The van der Waals surface area contributed by atoms with Crippen LogP contribution in [0.2, 0.25) is 18.1 Å². The van der Waals surface area contributed by atoms with E-state index in [-0.39, 0.29) is 38.8 Å². The topological polar surface area (TPSA) is 6.48 Å². The molecule has 0 fully saturated rings. The summed E-state index contributed by atoms with van der Waals surface area (Å²) in [7, 11) is -1.90. The van der Waals surface area contributed by atoms with Crippen molar-refractivity contribution in [2.24, 2.45) is 0 Å². The van der Waals surface area contributed by atoms with Crippen molar-refractivity contribution in [2.45, 2.75) is 175 Å². The summed E-state index contributed by atoms with van der Waals surface area (Å²) in [5.74, 6) is 0. The molecular weight excluding hydrogens is 752 g/mol. The molecule has 0 unspecified atom stereocenters. The van der Waals surface area contributed by atoms with Crippen LogP contribution in [0.4, 0.5) is 34.1 Å². The molecule has 0 aromatic heterocycles. The fraction of sp³-hybridized carbons (Fsp3) is 0.474. The molecule has 0 saturated carbocycles. The molecule has 4 heteroatoms. The Balaban J connectivity index is 1.40. The minimum Gasteiger partial charge on any atom is -0.311 e. The summed E-state index contributed by atoms with van der Waals surface area (Å²) in [6.07, 6.45) is 4.80. The van der Waals surface area contributed by atoms with E-state index in [4.69, 9.17) is 0 Å². The molecule has 2 aliphatic carbocycles. The molecule has 2 heterocycles. The molecular formula is C57H73BN2Si. The molecule has 5 aromatic carbocycles. The maximum atomic E-state index is 2.71. The lowest BCUT2D eigenvalue weighted by Crippen LogP contribution is -2.63. The molecule has 0 amide bonds. The first-order valence-electron chi connectivity index (χ1n) is 23.5. The minimum atomic E-state index is -1.90. The van der Waals surface area contributed by atoms with Gasteiger partial charge in [0.2, 0.25) is 0 Å². The predicted molar refractivity (Wildman–Crippen MR) is 271 cm³/mol. The largest absolute Gasteiger partial charge is 0.311 e.